The van der Waals surface area contributed by atoms with Gasteiger partial charge in [0.2, 0.25) is 0 Å². The standard InChI is InChI=1S/C19H22N2O/c1-15-9-10-16(13-20-15)18(22)21-14-19(11-5-6-12-19)17-7-3-2-4-8-17/h2-4,7-10,13H,5-6,11-12,14H2,1H3,(H,21,22). The van der Waals surface area contributed by atoms with Gasteiger partial charge in [0.25, 0.3) is 5.91 Å². The molecule has 0 radical (unpaired) electrons. The Labute approximate surface area is 131 Å². The first kappa shape index (κ1) is 14.8. The lowest BCUT2D eigenvalue weighted by molar-refractivity contribution is 0.0942. The first-order valence-corrected chi connectivity index (χ1v) is 7.96. The lowest BCUT2D eigenvalue weighted by atomic mass is 9.79. The maximum atomic E-state index is 12.3. The van der Waals surface area contributed by atoms with Crippen molar-refractivity contribution in [2.45, 2.75) is 38.0 Å². The Morgan fingerprint density at radius 2 is 1.86 bits per heavy atom. The van der Waals surface area contributed by atoms with Crippen molar-refractivity contribution in [3.05, 3.63) is 65.5 Å². The van der Waals surface area contributed by atoms with E-state index in [0.29, 0.717) is 12.1 Å². The van der Waals surface area contributed by atoms with Gasteiger partial charge < -0.3 is 5.32 Å². The Balaban J connectivity index is 1.73. The fourth-order valence-electron chi connectivity index (χ4n) is 3.36. The number of nitrogens with one attached hydrogen (secondary N) is 1. The minimum atomic E-state index is -0.0327. The van der Waals surface area contributed by atoms with Crippen LogP contribution >= 0.6 is 0 Å². The van der Waals surface area contributed by atoms with E-state index in [2.05, 4.69) is 34.6 Å². The van der Waals surface area contributed by atoms with Crippen LogP contribution in [0, 0.1) is 6.92 Å². The molecule has 0 aliphatic heterocycles. The van der Waals surface area contributed by atoms with E-state index in [9.17, 15) is 4.79 Å². The molecule has 0 spiro atoms. The predicted molar refractivity (Wildman–Crippen MR) is 87.9 cm³/mol. The van der Waals surface area contributed by atoms with Crippen LogP contribution in [-0.4, -0.2) is 17.4 Å². The van der Waals surface area contributed by atoms with Crippen molar-refractivity contribution in [3.8, 4) is 0 Å². The number of aromatic nitrogens is 1. The van der Waals surface area contributed by atoms with Crippen LogP contribution in [-0.2, 0) is 5.41 Å². The molecule has 3 heteroatoms. The first-order chi connectivity index (χ1) is 10.7. The lowest BCUT2D eigenvalue weighted by Crippen LogP contribution is -2.39. The van der Waals surface area contributed by atoms with Crippen molar-refractivity contribution in [2.24, 2.45) is 0 Å². The number of aryl methyl sites for hydroxylation is 1. The van der Waals surface area contributed by atoms with Crippen LogP contribution < -0.4 is 5.32 Å². The fraction of sp³-hybridized carbons (Fsp3) is 0.368. The Kier molecular flexibility index (Phi) is 4.23. The lowest BCUT2D eigenvalue weighted by Gasteiger charge is -2.30. The number of amides is 1. The summed E-state index contributed by atoms with van der Waals surface area (Å²) < 4.78 is 0. The summed E-state index contributed by atoms with van der Waals surface area (Å²) >= 11 is 0. The summed E-state index contributed by atoms with van der Waals surface area (Å²) in [7, 11) is 0. The van der Waals surface area contributed by atoms with Crippen LogP contribution in [0.2, 0.25) is 0 Å². The Morgan fingerprint density at radius 3 is 2.50 bits per heavy atom. The maximum Gasteiger partial charge on any atom is 0.252 e. The number of nitrogens with zero attached hydrogens (tertiary/aromatic N) is 1. The quantitative estimate of drug-likeness (QED) is 0.935. The van der Waals surface area contributed by atoms with Crippen molar-refractivity contribution in [1.29, 1.82) is 0 Å². The zero-order valence-corrected chi connectivity index (χ0v) is 13.0. The minimum Gasteiger partial charge on any atom is -0.351 e. The number of carbonyl (C=O) groups is 1. The van der Waals surface area contributed by atoms with Gasteiger partial charge in [-0.15, -0.1) is 0 Å². The Morgan fingerprint density at radius 1 is 1.14 bits per heavy atom. The largest absolute Gasteiger partial charge is 0.351 e. The highest BCUT2D eigenvalue weighted by Gasteiger charge is 2.35. The third kappa shape index (κ3) is 3.03. The molecule has 3 rings (SSSR count). The number of benzene rings is 1. The third-order valence-corrected chi connectivity index (χ3v) is 4.71. The summed E-state index contributed by atoms with van der Waals surface area (Å²) in [5.74, 6) is -0.0327. The molecule has 1 aromatic heterocycles. The van der Waals surface area contributed by atoms with Gasteiger partial charge in [-0.2, -0.15) is 0 Å². The van der Waals surface area contributed by atoms with Crippen LogP contribution in [0.25, 0.3) is 0 Å². The van der Waals surface area contributed by atoms with Crippen molar-refractivity contribution in [3.63, 3.8) is 0 Å². The van der Waals surface area contributed by atoms with E-state index in [1.165, 1.54) is 18.4 Å². The third-order valence-electron chi connectivity index (χ3n) is 4.71. The van der Waals surface area contributed by atoms with E-state index in [-0.39, 0.29) is 11.3 Å². The minimum absolute atomic E-state index is 0.0327. The summed E-state index contributed by atoms with van der Waals surface area (Å²) in [6.45, 7) is 2.62. The molecule has 1 amide bonds. The highest BCUT2D eigenvalue weighted by Crippen LogP contribution is 2.40. The van der Waals surface area contributed by atoms with Gasteiger partial charge in [0, 0.05) is 23.9 Å². The van der Waals surface area contributed by atoms with Gasteiger partial charge in [0.1, 0.15) is 0 Å². The fourth-order valence-corrected chi connectivity index (χ4v) is 3.36. The van der Waals surface area contributed by atoms with Crippen molar-refractivity contribution >= 4 is 5.91 Å². The van der Waals surface area contributed by atoms with Gasteiger partial charge in [-0.3, -0.25) is 9.78 Å². The molecule has 22 heavy (non-hydrogen) atoms. The normalized spacial score (nSPS) is 16.4. The number of hydrogen-bond donors (Lipinski definition) is 1. The van der Waals surface area contributed by atoms with Crippen molar-refractivity contribution < 1.29 is 4.79 Å². The molecule has 1 heterocycles. The zero-order chi connectivity index (χ0) is 15.4. The number of pyridine rings is 1. The van der Waals surface area contributed by atoms with Crippen LogP contribution in [0.5, 0.6) is 0 Å². The maximum absolute atomic E-state index is 12.3. The average Bonchev–Trinajstić information content (AvgIpc) is 3.04. The van der Waals surface area contributed by atoms with E-state index >= 15 is 0 Å². The van der Waals surface area contributed by atoms with Crippen molar-refractivity contribution in [2.75, 3.05) is 6.54 Å². The first-order valence-electron chi connectivity index (χ1n) is 7.96. The van der Waals surface area contributed by atoms with E-state index in [4.69, 9.17) is 0 Å². The molecule has 0 atom stereocenters. The molecule has 114 valence electrons. The Hall–Kier alpha value is -2.16. The van der Waals surface area contributed by atoms with Gasteiger partial charge in [-0.05, 0) is 37.5 Å². The number of carbonyl (C=O) groups excluding carboxylic acids is 1. The average molecular weight is 294 g/mol. The molecule has 1 aliphatic rings. The number of hydrogen-bond acceptors (Lipinski definition) is 2. The highest BCUT2D eigenvalue weighted by atomic mass is 16.1. The monoisotopic (exact) mass is 294 g/mol. The van der Waals surface area contributed by atoms with Gasteiger partial charge >= 0.3 is 0 Å². The molecule has 1 aliphatic carbocycles. The van der Waals surface area contributed by atoms with Gasteiger partial charge in [-0.1, -0.05) is 43.2 Å². The molecule has 0 bridgehead atoms. The van der Waals surface area contributed by atoms with Gasteiger partial charge in [-0.25, -0.2) is 0 Å². The molecule has 1 aromatic carbocycles. The van der Waals surface area contributed by atoms with Crippen molar-refractivity contribution in [1.82, 2.24) is 10.3 Å². The summed E-state index contributed by atoms with van der Waals surface area (Å²) in [4.78, 5) is 16.5. The van der Waals surface area contributed by atoms with Crippen LogP contribution in [0.3, 0.4) is 0 Å². The Bertz CT molecular complexity index is 628. The smallest absolute Gasteiger partial charge is 0.252 e. The van der Waals surface area contributed by atoms with Crippen LogP contribution in [0.15, 0.2) is 48.7 Å². The SMILES string of the molecule is Cc1ccc(C(=O)NCC2(c3ccccc3)CCCC2)cn1. The second-order valence-corrected chi connectivity index (χ2v) is 6.22. The number of rotatable bonds is 4. The summed E-state index contributed by atoms with van der Waals surface area (Å²) in [6.07, 6.45) is 6.40. The molecule has 1 saturated carbocycles. The summed E-state index contributed by atoms with van der Waals surface area (Å²) in [5, 5.41) is 3.12. The molecule has 0 saturated heterocycles. The molecule has 0 unspecified atom stereocenters. The summed E-state index contributed by atoms with van der Waals surface area (Å²) in [5.41, 5.74) is 2.99. The predicted octanol–water partition coefficient (Wildman–Crippen LogP) is 3.63. The molecule has 2 aromatic rings. The second-order valence-electron chi connectivity index (χ2n) is 6.22. The molecule has 1 N–H and O–H groups in total. The molecule has 1 fully saturated rings. The van der Waals surface area contributed by atoms with E-state index in [1.54, 1.807) is 6.20 Å². The van der Waals surface area contributed by atoms with E-state index < -0.39 is 0 Å². The van der Waals surface area contributed by atoms with Crippen LogP contribution in [0.1, 0.15) is 47.3 Å². The molecular formula is C19H22N2O. The molecule has 3 nitrogen and oxygen atoms in total. The van der Waals surface area contributed by atoms with Crippen LogP contribution in [0.4, 0.5) is 0 Å². The molecular weight excluding hydrogens is 272 g/mol. The van der Waals surface area contributed by atoms with Gasteiger partial charge in [0.05, 0.1) is 5.56 Å². The zero-order valence-electron chi connectivity index (χ0n) is 13.0. The van der Waals surface area contributed by atoms with E-state index in [0.717, 1.165) is 18.5 Å². The van der Waals surface area contributed by atoms with Gasteiger partial charge in [0.15, 0.2) is 0 Å². The summed E-state index contributed by atoms with van der Waals surface area (Å²) in [6, 6.07) is 14.3. The van der Waals surface area contributed by atoms with E-state index in [1.807, 2.05) is 25.1 Å². The second kappa shape index (κ2) is 6.30. The highest BCUT2D eigenvalue weighted by molar-refractivity contribution is 5.93. The topological polar surface area (TPSA) is 42.0 Å².